The van der Waals surface area contributed by atoms with Crippen LogP contribution in [0.15, 0.2) is 48.5 Å². The topological polar surface area (TPSA) is 21.3 Å². The first kappa shape index (κ1) is 15.9. The molecule has 2 aromatic rings. The SMILES string of the molecule is CC(C)Oc1ccc(CNC(C)c2ccccc2Cl)cc1. The van der Waals surface area contributed by atoms with Crippen LogP contribution < -0.4 is 10.1 Å². The first-order valence-corrected chi connectivity index (χ1v) is 7.67. The summed E-state index contributed by atoms with van der Waals surface area (Å²) in [5, 5.41) is 4.29. The molecule has 0 saturated carbocycles. The van der Waals surface area contributed by atoms with Crippen molar-refractivity contribution in [3.05, 3.63) is 64.7 Å². The van der Waals surface area contributed by atoms with Gasteiger partial charge in [-0.15, -0.1) is 0 Å². The summed E-state index contributed by atoms with van der Waals surface area (Å²) in [5.41, 5.74) is 2.35. The summed E-state index contributed by atoms with van der Waals surface area (Å²) in [6.45, 7) is 6.98. The quantitative estimate of drug-likeness (QED) is 0.813. The fourth-order valence-electron chi connectivity index (χ4n) is 2.17. The Balaban J connectivity index is 1.92. The summed E-state index contributed by atoms with van der Waals surface area (Å²) in [6.07, 6.45) is 0.203. The molecule has 0 aliphatic heterocycles. The van der Waals surface area contributed by atoms with Crippen LogP contribution in [-0.4, -0.2) is 6.10 Å². The highest BCUT2D eigenvalue weighted by molar-refractivity contribution is 6.31. The zero-order chi connectivity index (χ0) is 15.2. The molecule has 0 spiro atoms. The van der Waals surface area contributed by atoms with Crippen molar-refractivity contribution in [3.63, 3.8) is 0 Å². The molecule has 2 rings (SSSR count). The summed E-state index contributed by atoms with van der Waals surface area (Å²) in [7, 11) is 0. The second-order valence-electron chi connectivity index (χ2n) is 5.43. The van der Waals surface area contributed by atoms with E-state index in [1.165, 1.54) is 5.56 Å². The number of rotatable bonds is 6. The van der Waals surface area contributed by atoms with Crippen LogP contribution in [0.25, 0.3) is 0 Å². The van der Waals surface area contributed by atoms with Crippen LogP contribution in [0.1, 0.15) is 37.9 Å². The number of nitrogens with one attached hydrogen (secondary N) is 1. The first-order chi connectivity index (χ1) is 10.1. The molecule has 0 heterocycles. The lowest BCUT2D eigenvalue weighted by Crippen LogP contribution is -2.18. The van der Waals surface area contributed by atoms with E-state index >= 15 is 0 Å². The fourth-order valence-corrected chi connectivity index (χ4v) is 2.46. The average molecular weight is 304 g/mol. The molecular weight excluding hydrogens is 282 g/mol. The molecule has 0 amide bonds. The smallest absolute Gasteiger partial charge is 0.119 e. The van der Waals surface area contributed by atoms with E-state index in [4.69, 9.17) is 16.3 Å². The molecule has 0 radical (unpaired) electrons. The van der Waals surface area contributed by atoms with Crippen LogP contribution in [0, 0.1) is 0 Å². The molecule has 0 saturated heterocycles. The van der Waals surface area contributed by atoms with Gasteiger partial charge in [-0.3, -0.25) is 0 Å². The van der Waals surface area contributed by atoms with Gasteiger partial charge in [0.25, 0.3) is 0 Å². The molecule has 21 heavy (non-hydrogen) atoms. The molecule has 112 valence electrons. The molecule has 0 fully saturated rings. The van der Waals surface area contributed by atoms with E-state index in [-0.39, 0.29) is 12.1 Å². The summed E-state index contributed by atoms with van der Waals surface area (Å²) in [4.78, 5) is 0. The Morgan fingerprint density at radius 3 is 2.29 bits per heavy atom. The molecule has 1 atom stereocenters. The molecule has 2 aromatic carbocycles. The van der Waals surface area contributed by atoms with Crippen molar-refractivity contribution in [2.75, 3.05) is 0 Å². The minimum atomic E-state index is 0.203. The Bertz CT molecular complexity index is 566. The first-order valence-electron chi connectivity index (χ1n) is 7.29. The Morgan fingerprint density at radius 2 is 1.67 bits per heavy atom. The van der Waals surface area contributed by atoms with E-state index in [0.29, 0.717) is 0 Å². The molecule has 1 N–H and O–H groups in total. The van der Waals surface area contributed by atoms with Crippen molar-refractivity contribution in [1.82, 2.24) is 5.32 Å². The lowest BCUT2D eigenvalue weighted by molar-refractivity contribution is 0.242. The maximum atomic E-state index is 6.21. The fraction of sp³-hybridized carbons (Fsp3) is 0.333. The number of ether oxygens (including phenoxy) is 1. The maximum absolute atomic E-state index is 6.21. The highest BCUT2D eigenvalue weighted by Crippen LogP contribution is 2.22. The Morgan fingerprint density at radius 1 is 1.00 bits per heavy atom. The van der Waals surface area contributed by atoms with E-state index in [0.717, 1.165) is 22.9 Å². The molecule has 0 aromatic heterocycles. The number of hydrogen-bond acceptors (Lipinski definition) is 2. The third-order valence-electron chi connectivity index (χ3n) is 3.28. The Labute approximate surface area is 132 Å². The third kappa shape index (κ3) is 4.76. The van der Waals surface area contributed by atoms with Crippen LogP contribution in [0.5, 0.6) is 5.75 Å². The normalized spacial score (nSPS) is 12.4. The summed E-state index contributed by atoms with van der Waals surface area (Å²) in [5.74, 6) is 0.910. The van der Waals surface area contributed by atoms with E-state index in [1.807, 2.05) is 44.2 Å². The molecule has 1 unspecified atom stereocenters. The zero-order valence-corrected chi connectivity index (χ0v) is 13.5. The maximum Gasteiger partial charge on any atom is 0.119 e. The molecule has 3 heteroatoms. The van der Waals surface area contributed by atoms with Gasteiger partial charge in [0.2, 0.25) is 0 Å². The van der Waals surface area contributed by atoms with E-state index in [1.54, 1.807) is 0 Å². The zero-order valence-electron chi connectivity index (χ0n) is 12.8. The van der Waals surface area contributed by atoms with Gasteiger partial charge in [0.15, 0.2) is 0 Å². The van der Waals surface area contributed by atoms with Gasteiger partial charge in [-0.2, -0.15) is 0 Å². The second-order valence-corrected chi connectivity index (χ2v) is 5.84. The summed E-state index contributed by atoms with van der Waals surface area (Å²) < 4.78 is 5.64. The lowest BCUT2D eigenvalue weighted by atomic mass is 10.1. The lowest BCUT2D eigenvalue weighted by Gasteiger charge is -2.16. The van der Waals surface area contributed by atoms with Crippen molar-refractivity contribution in [2.24, 2.45) is 0 Å². The molecule has 0 aliphatic carbocycles. The minimum Gasteiger partial charge on any atom is -0.491 e. The summed E-state index contributed by atoms with van der Waals surface area (Å²) in [6, 6.07) is 16.4. The summed E-state index contributed by atoms with van der Waals surface area (Å²) >= 11 is 6.21. The largest absolute Gasteiger partial charge is 0.491 e. The number of halogens is 1. The van der Waals surface area contributed by atoms with Gasteiger partial charge in [0, 0.05) is 17.6 Å². The average Bonchev–Trinajstić information content (AvgIpc) is 2.46. The van der Waals surface area contributed by atoms with Crippen LogP contribution in [0.3, 0.4) is 0 Å². The van der Waals surface area contributed by atoms with Crippen LogP contribution >= 0.6 is 11.6 Å². The molecular formula is C18H22ClNO. The monoisotopic (exact) mass is 303 g/mol. The molecule has 2 nitrogen and oxygen atoms in total. The van der Waals surface area contributed by atoms with Crippen molar-refractivity contribution in [1.29, 1.82) is 0 Å². The molecule has 0 bridgehead atoms. The third-order valence-corrected chi connectivity index (χ3v) is 3.62. The van der Waals surface area contributed by atoms with Crippen molar-refractivity contribution >= 4 is 11.6 Å². The van der Waals surface area contributed by atoms with Gasteiger partial charge in [0.1, 0.15) is 5.75 Å². The minimum absolute atomic E-state index is 0.203. The van der Waals surface area contributed by atoms with E-state index < -0.39 is 0 Å². The number of benzene rings is 2. The van der Waals surface area contributed by atoms with Gasteiger partial charge < -0.3 is 10.1 Å². The van der Waals surface area contributed by atoms with Gasteiger partial charge >= 0.3 is 0 Å². The van der Waals surface area contributed by atoms with Gasteiger partial charge in [-0.25, -0.2) is 0 Å². The predicted octanol–water partition coefficient (Wildman–Crippen LogP) is 4.98. The van der Waals surface area contributed by atoms with E-state index in [9.17, 15) is 0 Å². The Hall–Kier alpha value is -1.51. The van der Waals surface area contributed by atoms with Crippen molar-refractivity contribution < 1.29 is 4.74 Å². The number of hydrogen-bond donors (Lipinski definition) is 1. The van der Waals surface area contributed by atoms with Crippen LogP contribution in [0.2, 0.25) is 5.02 Å². The second kappa shape index (κ2) is 7.48. The van der Waals surface area contributed by atoms with Crippen LogP contribution in [-0.2, 0) is 6.54 Å². The van der Waals surface area contributed by atoms with Crippen molar-refractivity contribution in [2.45, 2.75) is 39.5 Å². The van der Waals surface area contributed by atoms with Crippen molar-refractivity contribution in [3.8, 4) is 5.75 Å². The van der Waals surface area contributed by atoms with Gasteiger partial charge in [-0.1, -0.05) is 41.9 Å². The standard InChI is InChI=1S/C18H22ClNO/c1-13(2)21-16-10-8-15(9-11-16)12-20-14(3)17-6-4-5-7-18(17)19/h4-11,13-14,20H,12H2,1-3H3. The van der Waals surface area contributed by atoms with Crippen LogP contribution in [0.4, 0.5) is 0 Å². The van der Waals surface area contributed by atoms with E-state index in [2.05, 4.69) is 30.4 Å². The molecule has 0 aliphatic rings. The van der Waals surface area contributed by atoms with Gasteiger partial charge in [-0.05, 0) is 50.1 Å². The highest BCUT2D eigenvalue weighted by Gasteiger charge is 2.08. The predicted molar refractivity (Wildman–Crippen MR) is 88.9 cm³/mol. The Kier molecular flexibility index (Phi) is 5.66. The highest BCUT2D eigenvalue weighted by atomic mass is 35.5. The van der Waals surface area contributed by atoms with Gasteiger partial charge in [0.05, 0.1) is 6.10 Å².